The molecule has 0 bridgehead atoms. The van der Waals surface area contributed by atoms with Gasteiger partial charge in [0.1, 0.15) is 5.82 Å². The highest BCUT2D eigenvalue weighted by Gasteiger charge is 2.21. The molecule has 2 N–H and O–H groups in total. The Bertz CT molecular complexity index is 690. The fourth-order valence-corrected chi connectivity index (χ4v) is 3.15. The number of carbonyl (C=O) groups excluding carboxylic acids is 1. The fourth-order valence-electron chi connectivity index (χ4n) is 3.15. The van der Waals surface area contributed by atoms with Crippen LogP contribution in [0.3, 0.4) is 0 Å². The molecule has 1 aromatic carbocycles. The minimum Gasteiger partial charge on any atom is -0.309 e. The summed E-state index contributed by atoms with van der Waals surface area (Å²) in [6.45, 7) is 3.98. The quantitative estimate of drug-likeness (QED) is 0.877. The number of aromatic nitrogens is 1. The van der Waals surface area contributed by atoms with Crippen LogP contribution in [-0.4, -0.2) is 23.0 Å². The van der Waals surface area contributed by atoms with Crippen LogP contribution >= 0.6 is 0 Å². The molecule has 0 aliphatic heterocycles. The molecule has 4 nitrogen and oxygen atoms in total. The van der Waals surface area contributed by atoms with E-state index in [1.54, 1.807) is 0 Å². The highest BCUT2D eigenvalue weighted by molar-refractivity contribution is 5.94. The molecule has 0 radical (unpaired) electrons. The first-order valence-corrected chi connectivity index (χ1v) is 8.73. The van der Waals surface area contributed by atoms with Crippen LogP contribution in [0, 0.1) is 6.92 Å². The van der Waals surface area contributed by atoms with Gasteiger partial charge < -0.3 is 10.6 Å². The second kappa shape index (κ2) is 7.58. The number of hydrogen-bond donors (Lipinski definition) is 2. The van der Waals surface area contributed by atoms with E-state index < -0.39 is 0 Å². The largest absolute Gasteiger partial charge is 0.309 e. The maximum atomic E-state index is 12.4. The van der Waals surface area contributed by atoms with Crippen LogP contribution in [-0.2, 0) is 4.79 Å². The van der Waals surface area contributed by atoms with Gasteiger partial charge in [-0.3, -0.25) is 4.79 Å². The third-order valence-corrected chi connectivity index (χ3v) is 4.58. The minimum absolute atomic E-state index is 0.0320. The number of pyridine rings is 1. The number of rotatable bonds is 5. The summed E-state index contributed by atoms with van der Waals surface area (Å²) >= 11 is 0. The number of carbonyl (C=O) groups is 1. The molecule has 1 atom stereocenters. The smallest absolute Gasteiger partial charge is 0.242 e. The van der Waals surface area contributed by atoms with Crippen LogP contribution in [0.5, 0.6) is 0 Å². The van der Waals surface area contributed by atoms with Gasteiger partial charge in [0.05, 0.1) is 11.7 Å². The molecule has 3 rings (SSSR count). The highest BCUT2D eigenvalue weighted by atomic mass is 16.2. The average Bonchev–Trinajstić information content (AvgIpc) is 3.08. The van der Waals surface area contributed by atoms with Gasteiger partial charge in [-0.1, -0.05) is 48.7 Å². The van der Waals surface area contributed by atoms with Crippen LogP contribution in [0.1, 0.15) is 38.2 Å². The third kappa shape index (κ3) is 4.20. The molecule has 2 aromatic rings. The molecule has 0 spiro atoms. The molecule has 1 aromatic heterocycles. The highest BCUT2D eigenvalue weighted by Crippen LogP contribution is 2.20. The van der Waals surface area contributed by atoms with Crippen molar-refractivity contribution in [1.82, 2.24) is 10.3 Å². The summed E-state index contributed by atoms with van der Waals surface area (Å²) in [4.78, 5) is 16.9. The Morgan fingerprint density at radius 3 is 2.54 bits per heavy atom. The maximum absolute atomic E-state index is 12.4. The molecule has 0 saturated heterocycles. The van der Waals surface area contributed by atoms with Crippen molar-refractivity contribution in [1.29, 1.82) is 0 Å². The van der Waals surface area contributed by atoms with Gasteiger partial charge in [-0.2, -0.15) is 0 Å². The van der Waals surface area contributed by atoms with E-state index in [0.29, 0.717) is 11.9 Å². The molecule has 1 fully saturated rings. The van der Waals surface area contributed by atoms with Crippen LogP contribution in [0.25, 0.3) is 11.3 Å². The Kier molecular flexibility index (Phi) is 5.26. The number of benzene rings is 1. The SMILES string of the molecule is Cc1ccc(-c2cccc(NC(=O)C(C)NC3CCCC3)n2)cc1. The Balaban J connectivity index is 1.65. The van der Waals surface area contributed by atoms with Gasteiger partial charge in [-0.15, -0.1) is 0 Å². The van der Waals surface area contributed by atoms with Crippen molar-refractivity contribution in [3.05, 3.63) is 48.0 Å². The summed E-state index contributed by atoms with van der Waals surface area (Å²) in [5.41, 5.74) is 3.13. The molecule has 1 aliphatic rings. The first kappa shape index (κ1) is 16.7. The first-order chi connectivity index (χ1) is 11.6. The Morgan fingerprint density at radius 2 is 1.83 bits per heavy atom. The molecule has 1 heterocycles. The van der Waals surface area contributed by atoms with E-state index in [1.807, 2.05) is 37.3 Å². The molecular weight excluding hydrogens is 298 g/mol. The van der Waals surface area contributed by atoms with Crippen LogP contribution in [0.4, 0.5) is 5.82 Å². The zero-order valence-corrected chi connectivity index (χ0v) is 14.4. The summed E-state index contributed by atoms with van der Waals surface area (Å²) < 4.78 is 0. The number of amides is 1. The predicted octanol–water partition coefficient (Wildman–Crippen LogP) is 3.92. The average molecular weight is 323 g/mol. The second-order valence-corrected chi connectivity index (χ2v) is 6.63. The van der Waals surface area contributed by atoms with Crippen LogP contribution in [0.2, 0.25) is 0 Å². The maximum Gasteiger partial charge on any atom is 0.242 e. The van der Waals surface area contributed by atoms with E-state index in [-0.39, 0.29) is 11.9 Å². The fraction of sp³-hybridized carbons (Fsp3) is 0.400. The second-order valence-electron chi connectivity index (χ2n) is 6.63. The predicted molar refractivity (Wildman–Crippen MR) is 97.9 cm³/mol. The Morgan fingerprint density at radius 1 is 1.12 bits per heavy atom. The first-order valence-electron chi connectivity index (χ1n) is 8.73. The van der Waals surface area contributed by atoms with E-state index in [2.05, 4.69) is 34.7 Å². The van der Waals surface area contributed by atoms with Crippen LogP contribution < -0.4 is 10.6 Å². The van der Waals surface area contributed by atoms with Gasteiger partial charge in [0.2, 0.25) is 5.91 Å². The van der Waals surface area contributed by atoms with Crippen LogP contribution in [0.15, 0.2) is 42.5 Å². The van der Waals surface area contributed by atoms with Gasteiger partial charge in [-0.05, 0) is 38.8 Å². The lowest BCUT2D eigenvalue weighted by Crippen LogP contribution is -2.43. The van der Waals surface area contributed by atoms with Gasteiger partial charge in [0.15, 0.2) is 0 Å². The lowest BCUT2D eigenvalue weighted by Gasteiger charge is -2.18. The number of hydrogen-bond acceptors (Lipinski definition) is 3. The lowest BCUT2D eigenvalue weighted by atomic mass is 10.1. The number of anilines is 1. The van der Waals surface area contributed by atoms with Crippen molar-refractivity contribution in [3.63, 3.8) is 0 Å². The molecule has 24 heavy (non-hydrogen) atoms. The van der Waals surface area contributed by atoms with Gasteiger partial charge in [-0.25, -0.2) is 4.98 Å². The van der Waals surface area contributed by atoms with Crippen molar-refractivity contribution in [2.24, 2.45) is 0 Å². The molecule has 1 saturated carbocycles. The molecule has 1 amide bonds. The number of aryl methyl sites for hydroxylation is 1. The topological polar surface area (TPSA) is 54.0 Å². The zero-order valence-electron chi connectivity index (χ0n) is 14.4. The van der Waals surface area contributed by atoms with Gasteiger partial charge in [0, 0.05) is 11.6 Å². The standard InChI is InChI=1S/C20H25N3O/c1-14-10-12-16(13-11-14)18-8-5-9-19(22-18)23-20(24)15(2)21-17-6-3-4-7-17/h5,8-13,15,17,21H,3-4,6-7H2,1-2H3,(H,22,23,24). The summed E-state index contributed by atoms with van der Waals surface area (Å²) in [6, 6.07) is 14.2. The minimum atomic E-state index is -0.210. The third-order valence-electron chi connectivity index (χ3n) is 4.58. The van der Waals surface area contributed by atoms with Gasteiger partial charge >= 0.3 is 0 Å². The summed E-state index contributed by atoms with van der Waals surface area (Å²) in [5.74, 6) is 0.564. The van der Waals surface area contributed by atoms with Gasteiger partial charge in [0.25, 0.3) is 0 Å². The molecular formula is C20H25N3O. The van der Waals surface area contributed by atoms with Crippen molar-refractivity contribution in [2.45, 2.75) is 51.6 Å². The monoisotopic (exact) mass is 323 g/mol. The summed E-state index contributed by atoms with van der Waals surface area (Å²) in [5, 5.41) is 6.34. The summed E-state index contributed by atoms with van der Waals surface area (Å²) in [6.07, 6.45) is 4.84. The number of nitrogens with zero attached hydrogens (tertiary/aromatic N) is 1. The van der Waals surface area contributed by atoms with Crippen molar-refractivity contribution in [2.75, 3.05) is 5.32 Å². The van der Waals surface area contributed by atoms with E-state index in [1.165, 1.54) is 31.2 Å². The molecule has 4 heteroatoms. The number of nitrogens with one attached hydrogen (secondary N) is 2. The van der Waals surface area contributed by atoms with E-state index in [9.17, 15) is 4.79 Å². The lowest BCUT2D eigenvalue weighted by molar-refractivity contribution is -0.118. The molecule has 1 aliphatic carbocycles. The van der Waals surface area contributed by atoms with Crippen molar-refractivity contribution >= 4 is 11.7 Å². The molecule has 1 unspecified atom stereocenters. The van der Waals surface area contributed by atoms with E-state index >= 15 is 0 Å². The van der Waals surface area contributed by atoms with E-state index in [0.717, 1.165) is 11.3 Å². The molecule has 126 valence electrons. The van der Waals surface area contributed by atoms with Crippen molar-refractivity contribution < 1.29 is 4.79 Å². The summed E-state index contributed by atoms with van der Waals surface area (Å²) in [7, 11) is 0. The van der Waals surface area contributed by atoms with E-state index in [4.69, 9.17) is 0 Å². The van der Waals surface area contributed by atoms with Crippen molar-refractivity contribution in [3.8, 4) is 11.3 Å². The Hall–Kier alpha value is -2.20. The normalized spacial score (nSPS) is 16.1. The zero-order chi connectivity index (χ0) is 16.9. The Labute approximate surface area is 143 Å².